The third-order valence-corrected chi connectivity index (χ3v) is 7.15. The van der Waals surface area contributed by atoms with Gasteiger partial charge in [-0.15, -0.1) is 0 Å². The molecular weight excluding hydrogens is 289 g/mol. The predicted octanol–water partition coefficient (Wildman–Crippen LogP) is 4.41. The molecule has 1 N–H and O–H groups in total. The van der Waals surface area contributed by atoms with Crippen molar-refractivity contribution in [3.05, 3.63) is 35.1 Å². The van der Waals surface area contributed by atoms with Crippen LogP contribution in [0, 0.1) is 12.7 Å². The van der Waals surface area contributed by atoms with Gasteiger partial charge in [0, 0.05) is 28.0 Å². The van der Waals surface area contributed by atoms with E-state index in [2.05, 4.69) is 37.0 Å². The molecule has 0 saturated carbocycles. The van der Waals surface area contributed by atoms with Crippen molar-refractivity contribution in [3.63, 3.8) is 0 Å². The summed E-state index contributed by atoms with van der Waals surface area (Å²) in [6, 6.07) is 5.95. The first-order valence-electron chi connectivity index (χ1n) is 7.40. The van der Waals surface area contributed by atoms with Gasteiger partial charge in [0.1, 0.15) is 5.82 Å². The number of benzene rings is 1. The highest BCUT2D eigenvalue weighted by molar-refractivity contribution is 8.07. The van der Waals surface area contributed by atoms with Crippen molar-refractivity contribution < 1.29 is 4.39 Å². The third kappa shape index (κ3) is 3.71. The van der Waals surface area contributed by atoms with Gasteiger partial charge < -0.3 is 5.32 Å². The number of rotatable bonds is 5. The van der Waals surface area contributed by atoms with Crippen LogP contribution in [0.3, 0.4) is 0 Å². The third-order valence-electron chi connectivity index (χ3n) is 3.80. The molecule has 0 aromatic heterocycles. The van der Waals surface area contributed by atoms with Crippen LogP contribution in [0.5, 0.6) is 0 Å². The fourth-order valence-corrected chi connectivity index (χ4v) is 5.94. The molecule has 0 aliphatic carbocycles. The van der Waals surface area contributed by atoms with Gasteiger partial charge in [0.25, 0.3) is 0 Å². The highest BCUT2D eigenvalue weighted by Gasteiger charge is 2.32. The number of aryl methyl sites for hydroxylation is 1. The molecule has 2 rings (SSSR count). The van der Waals surface area contributed by atoms with Gasteiger partial charge in [0.2, 0.25) is 0 Å². The van der Waals surface area contributed by atoms with Gasteiger partial charge in [-0.3, -0.25) is 0 Å². The van der Waals surface area contributed by atoms with Gasteiger partial charge in [-0.2, -0.15) is 23.5 Å². The number of hydrogen-bond acceptors (Lipinski definition) is 3. The molecule has 1 heterocycles. The van der Waals surface area contributed by atoms with Crippen LogP contribution in [-0.2, 0) is 0 Å². The van der Waals surface area contributed by atoms with Gasteiger partial charge in [-0.25, -0.2) is 4.39 Å². The zero-order chi connectivity index (χ0) is 14.5. The second-order valence-electron chi connectivity index (χ2n) is 5.20. The quantitative estimate of drug-likeness (QED) is 0.864. The summed E-state index contributed by atoms with van der Waals surface area (Å²) in [6.45, 7) is 7.12. The van der Waals surface area contributed by atoms with E-state index >= 15 is 0 Å². The first-order valence-corrected chi connectivity index (χ1v) is 9.49. The molecule has 1 aliphatic heterocycles. The number of nitrogens with one attached hydrogen (secondary N) is 1. The van der Waals surface area contributed by atoms with Crippen LogP contribution in [0.15, 0.2) is 18.2 Å². The van der Waals surface area contributed by atoms with Gasteiger partial charge in [-0.05, 0) is 37.1 Å². The summed E-state index contributed by atoms with van der Waals surface area (Å²) in [7, 11) is 0. The van der Waals surface area contributed by atoms with E-state index in [1.54, 1.807) is 6.07 Å². The second kappa shape index (κ2) is 7.71. The molecule has 112 valence electrons. The molecule has 1 aromatic carbocycles. The highest BCUT2D eigenvalue weighted by Crippen LogP contribution is 2.40. The van der Waals surface area contributed by atoms with E-state index in [-0.39, 0.29) is 11.9 Å². The Balaban J connectivity index is 2.26. The van der Waals surface area contributed by atoms with Crippen LogP contribution in [0.4, 0.5) is 4.39 Å². The number of hydrogen-bond donors (Lipinski definition) is 1. The minimum Gasteiger partial charge on any atom is -0.309 e. The lowest BCUT2D eigenvalue weighted by molar-refractivity contribution is 0.508. The van der Waals surface area contributed by atoms with Crippen LogP contribution < -0.4 is 5.32 Å². The molecule has 20 heavy (non-hydrogen) atoms. The molecule has 0 bridgehead atoms. The normalized spacial score (nSPS) is 24.6. The predicted molar refractivity (Wildman–Crippen MR) is 90.3 cm³/mol. The minimum absolute atomic E-state index is 0.0908. The van der Waals surface area contributed by atoms with Gasteiger partial charge in [-0.1, -0.05) is 26.0 Å². The van der Waals surface area contributed by atoms with E-state index in [0.717, 1.165) is 17.7 Å². The van der Waals surface area contributed by atoms with Crippen molar-refractivity contribution in [1.82, 2.24) is 5.32 Å². The number of thioether (sulfide) groups is 2. The molecule has 1 aliphatic rings. The van der Waals surface area contributed by atoms with E-state index in [1.807, 2.05) is 24.8 Å². The maximum absolute atomic E-state index is 13.9. The summed E-state index contributed by atoms with van der Waals surface area (Å²) in [5.41, 5.74) is 1.81. The summed E-state index contributed by atoms with van der Waals surface area (Å²) < 4.78 is 13.9. The topological polar surface area (TPSA) is 12.0 Å². The summed E-state index contributed by atoms with van der Waals surface area (Å²) >= 11 is 4.12. The largest absolute Gasteiger partial charge is 0.309 e. The summed E-state index contributed by atoms with van der Waals surface area (Å²) in [6.07, 6.45) is 1.18. The van der Waals surface area contributed by atoms with Gasteiger partial charge in [0.15, 0.2) is 0 Å². The Kier molecular flexibility index (Phi) is 6.24. The Morgan fingerprint density at radius 2 is 2.05 bits per heavy atom. The molecule has 4 heteroatoms. The zero-order valence-electron chi connectivity index (χ0n) is 12.5. The average Bonchev–Trinajstić information content (AvgIpc) is 2.48. The van der Waals surface area contributed by atoms with E-state index in [1.165, 1.54) is 17.9 Å². The first kappa shape index (κ1) is 16.2. The van der Waals surface area contributed by atoms with E-state index in [0.29, 0.717) is 10.5 Å². The van der Waals surface area contributed by atoms with E-state index in [4.69, 9.17) is 0 Å². The van der Waals surface area contributed by atoms with Crippen LogP contribution in [0.1, 0.15) is 37.4 Å². The lowest BCUT2D eigenvalue weighted by Gasteiger charge is -2.36. The SMILES string of the molecule is CCNC(c1ccc(C)c(F)c1)C1SCCSC1CC. The molecule has 1 saturated heterocycles. The van der Waals surface area contributed by atoms with Crippen LogP contribution in [-0.4, -0.2) is 28.6 Å². The molecular formula is C16H24FNS2. The van der Waals surface area contributed by atoms with Gasteiger partial charge in [0.05, 0.1) is 0 Å². The highest BCUT2D eigenvalue weighted by atomic mass is 32.2. The first-order chi connectivity index (χ1) is 9.67. The lowest BCUT2D eigenvalue weighted by atomic mass is 9.98. The van der Waals surface area contributed by atoms with Crippen LogP contribution in [0.25, 0.3) is 0 Å². The minimum atomic E-state index is -0.0908. The smallest absolute Gasteiger partial charge is 0.126 e. The Hall–Kier alpha value is -0.190. The van der Waals surface area contributed by atoms with Crippen molar-refractivity contribution in [2.24, 2.45) is 0 Å². The van der Waals surface area contributed by atoms with E-state index < -0.39 is 0 Å². The van der Waals surface area contributed by atoms with Crippen molar-refractivity contribution >= 4 is 23.5 Å². The van der Waals surface area contributed by atoms with Crippen molar-refractivity contribution in [2.45, 2.75) is 43.7 Å². The Bertz CT molecular complexity index is 438. The molecule has 0 spiro atoms. The Morgan fingerprint density at radius 3 is 2.70 bits per heavy atom. The molecule has 0 amide bonds. The molecule has 3 atom stereocenters. The molecule has 1 nitrogen and oxygen atoms in total. The lowest BCUT2D eigenvalue weighted by Crippen LogP contribution is -2.38. The van der Waals surface area contributed by atoms with Gasteiger partial charge >= 0.3 is 0 Å². The summed E-state index contributed by atoms with van der Waals surface area (Å²) in [5, 5.41) is 4.76. The summed E-state index contributed by atoms with van der Waals surface area (Å²) in [4.78, 5) is 0. The fourth-order valence-electron chi connectivity index (χ4n) is 2.69. The van der Waals surface area contributed by atoms with Crippen LogP contribution >= 0.6 is 23.5 Å². The standard InChI is InChI=1S/C16H24FNS2/c1-4-14-16(20-9-8-19-14)15(18-5-2)12-7-6-11(3)13(17)10-12/h6-7,10,14-16,18H,4-5,8-9H2,1-3H3. The summed E-state index contributed by atoms with van der Waals surface area (Å²) in [5.74, 6) is 2.34. The molecule has 3 unspecified atom stereocenters. The Labute approximate surface area is 130 Å². The fraction of sp³-hybridized carbons (Fsp3) is 0.625. The second-order valence-corrected chi connectivity index (χ2v) is 7.83. The zero-order valence-corrected chi connectivity index (χ0v) is 14.1. The van der Waals surface area contributed by atoms with Crippen molar-refractivity contribution in [3.8, 4) is 0 Å². The Morgan fingerprint density at radius 1 is 1.30 bits per heavy atom. The van der Waals surface area contributed by atoms with E-state index in [9.17, 15) is 4.39 Å². The maximum Gasteiger partial charge on any atom is 0.126 e. The molecule has 0 radical (unpaired) electrons. The molecule has 1 aromatic rings. The van der Waals surface area contributed by atoms with Crippen molar-refractivity contribution in [1.29, 1.82) is 0 Å². The number of halogens is 1. The average molecular weight is 314 g/mol. The molecule has 1 fully saturated rings. The monoisotopic (exact) mass is 313 g/mol. The maximum atomic E-state index is 13.9. The van der Waals surface area contributed by atoms with Crippen LogP contribution in [0.2, 0.25) is 0 Å². The van der Waals surface area contributed by atoms with Crippen molar-refractivity contribution in [2.75, 3.05) is 18.1 Å².